The van der Waals surface area contributed by atoms with E-state index in [4.69, 9.17) is 15.0 Å². The Labute approximate surface area is 292 Å². The monoisotopic (exact) mass is 663 g/mol. The molecule has 0 aliphatic rings. The molecule has 3 aromatic carbocycles. The standard InChI is InChI=1S/C42H41N5OS/c1-25-19-21-43-26(2)37(25)47(34-18-11-12-20-44-34)29-15-13-14-27(22-29)35-39-36(30-16-9-10-17-33(30)49-39)46-40(45-35)31-23-28(41(3,4)5)24-32(38(31)48)42(6,7)8/h9-24,48H,1-8H3. The van der Waals surface area contributed by atoms with E-state index in [1.54, 1.807) is 11.3 Å². The van der Waals surface area contributed by atoms with Gasteiger partial charge in [0.2, 0.25) is 0 Å². The van der Waals surface area contributed by atoms with Crippen LogP contribution in [0.4, 0.5) is 17.2 Å². The lowest BCUT2D eigenvalue weighted by Crippen LogP contribution is -2.17. The number of fused-ring (bicyclic) bond motifs is 3. The number of phenols is 1. The highest BCUT2D eigenvalue weighted by Gasteiger charge is 2.28. The van der Waals surface area contributed by atoms with Crippen molar-refractivity contribution in [1.82, 2.24) is 19.9 Å². The van der Waals surface area contributed by atoms with Crippen molar-refractivity contribution in [3.05, 3.63) is 120 Å². The Bertz CT molecular complexity index is 2330. The summed E-state index contributed by atoms with van der Waals surface area (Å²) in [7, 11) is 0. The Balaban J connectivity index is 1.51. The Hall–Kier alpha value is -5.14. The average molecular weight is 664 g/mol. The topological polar surface area (TPSA) is 75.0 Å². The lowest BCUT2D eigenvalue weighted by molar-refractivity contribution is 0.446. The summed E-state index contributed by atoms with van der Waals surface area (Å²) < 4.78 is 2.14. The average Bonchev–Trinajstić information content (AvgIpc) is 3.44. The molecule has 0 bridgehead atoms. The summed E-state index contributed by atoms with van der Waals surface area (Å²) in [6, 6.07) is 29.0. The van der Waals surface area contributed by atoms with Gasteiger partial charge in [0.25, 0.3) is 0 Å². The largest absolute Gasteiger partial charge is 0.507 e. The molecule has 6 nitrogen and oxygen atoms in total. The zero-order chi connectivity index (χ0) is 34.7. The second-order valence-electron chi connectivity index (χ2n) is 14.7. The smallest absolute Gasteiger partial charge is 0.164 e. The van der Waals surface area contributed by atoms with Gasteiger partial charge in [-0.25, -0.2) is 15.0 Å². The minimum absolute atomic E-state index is 0.143. The first kappa shape index (κ1) is 32.4. The summed E-state index contributed by atoms with van der Waals surface area (Å²) in [5.41, 5.74) is 8.82. The van der Waals surface area contributed by atoms with E-state index in [-0.39, 0.29) is 16.6 Å². The molecule has 0 amide bonds. The van der Waals surface area contributed by atoms with Crippen molar-refractivity contribution in [2.75, 3.05) is 4.90 Å². The van der Waals surface area contributed by atoms with E-state index in [0.717, 1.165) is 71.1 Å². The van der Waals surface area contributed by atoms with Gasteiger partial charge in [0.15, 0.2) is 5.82 Å². The maximum absolute atomic E-state index is 11.9. The van der Waals surface area contributed by atoms with Crippen LogP contribution in [0.15, 0.2) is 97.3 Å². The lowest BCUT2D eigenvalue weighted by atomic mass is 9.79. The predicted molar refractivity (Wildman–Crippen MR) is 205 cm³/mol. The Morgan fingerprint density at radius 2 is 1.51 bits per heavy atom. The van der Waals surface area contributed by atoms with E-state index in [2.05, 4.69) is 119 Å². The second-order valence-corrected chi connectivity index (χ2v) is 15.8. The molecule has 0 spiro atoms. The fourth-order valence-corrected chi connectivity index (χ4v) is 7.55. The summed E-state index contributed by atoms with van der Waals surface area (Å²) >= 11 is 1.69. The first-order valence-electron chi connectivity index (χ1n) is 16.6. The molecule has 0 saturated heterocycles. The number of phenolic OH excluding ortho intramolecular Hbond substituents is 1. The van der Waals surface area contributed by atoms with Crippen LogP contribution in [-0.4, -0.2) is 25.0 Å². The number of thiophene rings is 1. The molecule has 0 fully saturated rings. The fraction of sp³-hybridized carbons (Fsp3) is 0.238. The number of aromatic nitrogens is 4. The maximum Gasteiger partial charge on any atom is 0.164 e. The highest BCUT2D eigenvalue weighted by atomic mass is 32.1. The number of aromatic hydroxyl groups is 1. The van der Waals surface area contributed by atoms with E-state index < -0.39 is 0 Å². The number of nitrogens with zero attached hydrogens (tertiary/aromatic N) is 5. The number of hydrogen-bond donors (Lipinski definition) is 1. The SMILES string of the molecule is Cc1ccnc(C)c1N(c1cccc(-c2nc(-c3cc(C(C)(C)C)cc(C(C)(C)C)c3O)nc3c2sc2ccccc23)c1)c1ccccn1. The third-order valence-corrected chi connectivity index (χ3v) is 10.2. The van der Waals surface area contributed by atoms with Gasteiger partial charge in [0.1, 0.15) is 11.6 Å². The van der Waals surface area contributed by atoms with E-state index in [0.29, 0.717) is 11.4 Å². The van der Waals surface area contributed by atoms with Crippen LogP contribution in [0.2, 0.25) is 0 Å². The van der Waals surface area contributed by atoms with Gasteiger partial charge < -0.3 is 5.11 Å². The van der Waals surface area contributed by atoms with E-state index in [1.807, 2.05) is 43.6 Å². The van der Waals surface area contributed by atoms with Gasteiger partial charge in [-0.15, -0.1) is 11.3 Å². The van der Waals surface area contributed by atoms with Crippen molar-refractivity contribution in [3.8, 4) is 28.4 Å². The number of benzene rings is 3. The van der Waals surface area contributed by atoms with Crippen LogP contribution in [0.25, 0.3) is 42.9 Å². The summed E-state index contributed by atoms with van der Waals surface area (Å²) in [5, 5.41) is 13.0. The zero-order valence-corrected chi connectivity index (χ0v) is 30.1. The minimum atomic E-state index is -0.284. The molecule has 0 unspecified atom stereocenters. The molecule has 7 heteroatoms. The molecular weight excluding hydrogens is 623 g/mol. The zero-order valence-electron chi connectivity index (χ0n) is 29.3. The molecule has 7 aromatic rings. The second kappa shape index (κ2) is 12.1. The van der Waals surface area contributed by atoms with Crippen molar-refractivity contribution >= 4 is 48.8 Å². The van der Waals surface area contributed by atoms with Gasteiger partial charge in [-0.3, -0.25) is 9.88 Å². The van der Waals surface area contributed by atoms with Crippen LogP contribution in [0.5, 0.6) is 5.75 Å². The van der Waals surface area contributed by atoms with Crippen LogP contribution in [0, 0.1) is 13.8 Å². The van der Waals surface area contributed by atoms with E-state index in [1.165, 1.54) is 0 Å². The molecule has 246 valence electrons. The number of pyridine rings is 2. The Morgan fingerprint density at radius 3 is 2.22 bits per heavy atom. The van der Waals surface area contributed by atoms with Crippen LogP contribution < -0.4 is 4.90 Å². The van der Waals surface area contributed by atoms with Crippen molar-refractivity contribution in [3.63, 3.8) is 0 Å². The first-order chi connectivity index (χ1) is 23.3. The van der Waals surface area contributed by atoms with Crippen molar-refractivity contribution in [2.45, 2.75) is 66.2 Å². The van der Waals surface area contributed by atoms with E-state index in [9.17, 15) is 5.11 Å². The molecule has 7 rings (SSSR count). The Kier molecular flexibility index (Phi) is 7.99. The first-order valence-corrected chi connectivity index (χ1v) is 17.4. The number of rotatable bonds is 5. The summed E-state index contributed by atoms with van der Waals surface area (Å²) in [6.07, 6.45) is 3.66. The molecule has 4 aromatic heterocycles. The Morgan fingerprint density at radius 1 is 0.735 bits per heavy atom. The quantitative estimate of drug-likeness (QED) is 0.197. The van der Waals surface area contributed by atoms with Gasteiger partial charge in [0.05, 0.1) is 32.9 Å². The van der Waals surface area contributed by atoms with Crippen molar-refractivity contribution < 1.29 is 5.11 Å². The maximum atomic E-state index is 11.9. The summed E-state index contributed by atoms with van der Waals surface area (Å²) in [6.45, 7) is 17.1. The van der Waals surface area contributed by atoms with Crippen LogP contribution in [-0.2, 0) is 10.8 Å². The van der Waals surface area contributed by atoms with Crippen LogP contribution in [0.3, 0.4) is 0 Å². The highest BCUT2D eigenvalue weighted by molar-refractivity contribution is 7.26. The highest BCUT2D eigenvalue weighted by Crippen LogP contribution is 2.45. The number of anilines is 3. The third kappa shape index (κ3) is 5.93. The van der Waals surface area contributed by atoms with Gasteiger partial charge in [-0.2, -0.15) is 0 Å². The van der Waals surface area contributed by atoms with E-state index >= 15 is 0 Å². The third-order valence-electron chi connectivity index (χ3n) is 9.03. The predicted octanol–water partition coefficient (Wildman–Crippen LogP) is 11.4. The normalized spacial score (nSPS) is 12.2. The van der Waals surface area contributed by atoms with Gasteiger partial charge in [-0.1, -0.05) is 84.0 Å². The molecule has 49 heavy (non-hydrogen) atoms. The molecular formula is C42H41N5OS. The molecule has 4 heterocycles. The minimum Gasteiger partial charge on any atom is -0.507 e. The summed E-state index contributed by atoms with van der Waals surface area (Å²) in [5.74, 6) is 1.53. The number of hydrogen-bond acceptors (Lipinski definition) is 7. The molecule has 0 radical (unpaired) electrons. The molecule has 0 aliphatic heterocycles. The molecule has 0 atom stereocenters. The molecule has 0 aliphatic carbocycles. The van der Waals surface area contributed by atoms with Crippen molar-refractivity contribution in [2.24, 2.45) is 0 Å². The lowest BCUT2D eigenvalue weighted by Gasteiger charge is -2.27. The van der Waals surface area contributed by atoms with Crippen LogP contribution >= 0.6 is 11.3 Å². The summed E-state index contributed by atoms with van der Waals surface area (Å²) in [4.78, 5) is 22.1. The van der Waals surface area contributed by atoms with Crippen molar-refractivity contribution in [1.29, 1.82) is 0 Å². The molecule has 0 saturated carbocycles. The van der Waals surface area contributed by atoms with Crippen LogP contribution in [0.1, 0.15) is 63.9 Å². The fourth-order valence-electron chi connectivity index (χ4n) is 6.40. The van der Waals surface area contributed by atoms with Gasteiger partial charge >= 0.3 is 0 Å². The van der Waals surface area contributed by atoms with Gasteiger partial charge in [0, 0.05) is 39.3 Å². The molecule has 1 N–H and O–H groups in total. The number of aryl methyl sites for hydroxylation is 2. The van der Waals surface area contributed by atoms with Gasteiger partial charge in [-0.05, 0) is 78.3 Å².